The van der Waals surface area contributed by atoms with E-state index in [0.29, 0.717) is 24.0 Å². The molecule has 0 heterocycles. The quantitative estimate of drug-likeness (QED) is 0.751. The molecule has 0 aliphatic heterocycles. The van der Waals surface area contributed by atoms with E-state index in [4.69, 9.17) is 0 Å². The summed E-state index contributed by atoms with van der Waals surface area (Å²) in [5.41, 5.74) is 1.13. The SMILES string of the molecule is CCCc1cc(N=O)c(O)c(CCC)c1O. The number of rotatable bonds is 5. The van der Waals surface area contributed by atoms with Gasteiger partial charge in [0, 0.05) is 5.56 Å². The zero-order chi connectivity index (χ0) is 12.1. The van der Waals surface area contributed by atoms with Crippen LogP contribution >= 0.6 is 0 Å². The van der Waals surface area contributed by atoms with E-state index < -0.39 is 0 Å². The topological polar surface area (TPSA) is 69.9 Å². The molecule has 0 fully saturated rings. The second-order valence-corrected chi connectivity index (χ2v) is 3.82. The van der Waals surface area contributed by atoms with Crippen LogP contribution in [0.25, 0.3) is 0 Å². The molecule has 0 saturated carbocycles. The van der Waals surface area contributed by atoms with Crippen molar-refractivity contribution in [1.82, 2.24) is 0 Å². The standard InChI is InChI=1S/C12H17NO3/c1-3-5-8-7-10(13-16)12(15)9(6-4-2)11(8)14/h7,14-15H,3-6H2,1-2H3. The zero-order valence-electron chi connectivity index (χ0n) is 9.66. The van der Waals surface area contributed by atoms with Crippen molar-refractivity contribution in [2.75, 3.05) is 0 Å². The average molecular weight is 223 g/mol. The Morgan fingerprint density at radius 2 is 1.75 bits per heavy atom. The number of hydrogen-bond donors (Lipinski definition) is 2. The number of benzene rings is 1. The van der Waals surface area contributed by atoms with E-state index in [2.05, 4.69) is 5.18 Å². The number of aromatic hydroxyl groups is 2. The second-order valence-electron chi connectivity index (χ2n) is 3.82. The van der Waals surface area contributed by atoms with Gasteiger partial charge in [0.05, 0.1) is 0 Å². The molecule has 2 N–H and O–H groups in total. The fraction of sp³-hybridized carbons (Fsp3) is 0.500. The average Bonchev–Trinajstić information content (AvgIpc) is 2.28. The molecule has 1 rings (SSSR count). The first-order valence-corrected chi connectivity index (χ1v) is 5.55. The van der Waals surface area contributed by atoms with E-state index in [1.807, 2.05) is 13.8 Å². The van der Waals surface area contributed by atoms with Gasteiger partial charge in [0.15, 0.2) is 5.75 Å². The van der Waals surface area contributed by atoms with Crippen molar-refractivity contribution in [3.05, 3.63) is 22.1 Å². The van der Waals surface area contributed by atoms with Gasteiger partial charge in [-0.2, -0.15) is 0 Å². The third-order valence-electron chi connectivity index (χ3n) is 2.55. The van der Waals surface area contributed by atoms with Crippen LogP contribution in [-0.4, -0.2) is 10.2 Å². The highest BCUT2D eigenvalue weighted by atomic mass is 16.3. The summed E-state index contributed by atoms with van der Waals surface area (Å²) in [5, 5.41) is 22.5. The molecular weight excluding hydrogens is 206 g/mol. The van der Waals surface area contributed by atoms with E-state index in [0.717, 1.165) is 12.8 Å². The molecule has 16 heavy (non-hydrogen) atoms. The summed E-state index contributed by atoms with van der Waals surface area (Å²) in [6.45, 7) is 3.93. The maximum Gasteiger partial charge on any atom is 0.151 e. The largest absolute Gasteiger partial charge is 0.507 e. The van der Waals surface area contributed by atoms with Crippen LogP contribution in [0.4, 0.5) is 5.69 Å². The van der Waals surface area contributed by atoms with Gasteiger partial charge in [-0.15, -0.1) is 4.91 Å². The molecule has 4 nitrogen and oxygen atoms in total. The zero-order valence-corrected chi connectivity index (χ0v) is 9.66. The number of aryl methyl sites for hydroxylation is 1. The molecule has 0 aromatic heterocycles. The third-order valence-corrected chi connectivity index (χ3v) is 2.55. The Kier molecular flexibility index (Phi) is 4.28. The summed E-state index contributed by atoms with van der Waals surface area (Å²) in [7, 11) is 0. The van der Waals surface area contributed by atoms with Crippen molar-refractivity contribution in [3.63, 3.8) is 0 Å². The Morgan fingerprint density at radius 3 is 2.25 bits per heavy atom. The van der Waals surface area contributed by atoms with E-state index in [9.17, 15) is 15.1 Å². The molecule has 4 heteroatoms. The Bertz CT molecular complexity index is 388. The molecule has 0 spiro atoms. The lowest BCUT2D eigenvalue weighted by atomic mass is 9.99. The van der Waals surface area contributed by atoms with E-state index in [1.54, 1.807) is 0 Å². The molecular formula is C12H17NO3. The van der Waals surface area contributed by atoms with Gasteiger partial charge >= 0.3 is 0 Å². The summed E-state index contributed by atoms with van der Waals surface area (Å²) < 4.78 is 0. The van der Waals surface area contributed by atoms with Crippen LogP contribution in [0.15, 0.2) is 11.2 Å². The highest BCUT2D eigenvalue weighted by molar-refractivity contribution is 5.63. The fourth-order valence-electron chi connectivity index (χ4n) is 1.78. The van der Waals surface area contributed by atoms with Gasteiger partial charge in [-0.3, -0.25) is 0 Å². The first kappa shape index (κ1) is 12.5. The van der Waals surface area contributed by atoms with Gasteiger partial charge in [-0.05, 0) is 29.6 Å². The highest BCUT2D eigenvalue weighted by Crippen LogP contribution is 2.40. The monoisotopic (exact) mass is 223 g/mol. The maximum absolute atomic E-state index is 10.6. The Labute approximate surface area is 94.9 Å². The second kappa shape index (κ2) is 5.49. The van der Waals surface area contributed by atoms with Crippen molar-refractivity contribution in [2.45, 2.75) is 39.5 Å². The van der Waals surface area contributed by atoms with Gasteiger partial charge in [-0.25, -0.2) is 0 Å². The lowest BCUT2D eigenvalue weighted by Crippen LogP contribution is -1.92. The molecule has 0 amide bonds. The van der Waals surface area contributed by atoms with Crippen LogP contribution in [0.2, 0.25) is 0 Å². The van der Waals surface area contributed by atoms with Crippen LogP contribution in [0.5, 0.6) is 11.5 Å². The van der Waals surface area contributed by atoms with Crippen molar-refractivity contribution in [3.8, 4) is 11.5 Å². The van der Waals surface area contributed by atoms with Crippen LogP contribution in [0.1, 0.15) is 37.8 Å². The van der Waals surface area contributed by atoms with E-state index >= 15 is 0 Å². The van der Waals surface area contributed by atoms with Crippen molar-refractivity contribution < 1.29 is 10.2 Å². The lowest BCUT2D eigenvalue weighted by Gasteiger charge is -2.12. The smallest absolute Gasteiger partial charge is 0.151 e. The predicted molar refractivity (Wildman–Crippen MR) is 63.2 cm³/mol. The van der Waals surface area contributed by atoms with Gasteiger partial charge in [0.25, 0.3) is 0 Å². The Hall–Kier alpha value is -1.58. The van der Waals surface area contributed by atoms with Crippen molar-refractivity contribution in [2.24, 2.45) is 5.18 Å². The molecule has 0 atom stereocenters. The Balaban J connectivity index is 3.32. The van der Waals surface area contributed by atoms with E-state index in [1.165, 1.54) is 6.07 Å². The highest BCUT2D eigenvalue weighted by Gasteiger charge is 2.16. The summed E-state index contributed by atoms with van der Waals surface area (Å²) in [4.78, 5) is 10.6. The van der Waals surface area contributed by atoms with Gasteiger partial charge in [0.1, 0.15) is 11.4 Å². The fourth-order valence-corrected chi connectivity index (χ4v) is 1.78. The van der Waals surface area contributed by atoms with Crippen molar-refractivity contribution in [1.29, 1.82) is 0 Å². The minimum atomic E-state index is -0.186. The third kappa shape index (κ3) is 2.32. The number of hydrogen-bond acceptors (Lipinski definition) is 4. The Morgan fingerprint density at radius 1 is 1.12 bits per heavy atom. The summed E-state index contributed by atoms with van der Waals surface area (Å²) in [6.07, 6.45) is 2.86. The van der Waals surface area contributed by atoms with Gasteiger partial charge in [0.2, 0.25) is 0 Å². The first-order valence-electron chi connectivity index (χ1n) is 5.55. The number of phenolic OH excluding ortho intramolecular Hbond substituents is 2. The maximum atomic E-state index is 10.6. The summed E-state index contributed by atoms with van der Waals surface area (Å²) in [6, 6.07) is 1.46. The van der Waals surface area contributed by atoms with Crippen LogP contribution < -0.4 is 0 Å². The predicted octanol–water partition coefficient (Wildman–Crippen LogP) is 3.40. The normalized spacial score (nSPS) is 10.4. The van der Waals surface area contributed by atoms with Crippen molar-refractivity contribution >= 4 is 5.69 Å². The molecule has 0 aliphatic carbocycles. The summed E-state index contributed by atoms with van der Waals surface area (Å²) in [5.74, 6) is -0.0807. The molecule has 1 aromatic rings. The molecule has 0 aliphatic rings. The molecule has 88 valence electrons. The molecule has 0 saturated heterocycles. The molecule has 0 radical (unpaired) electrons. The van der Waals surface area contributed by atoms with Gasteiger partial charge in [-0.1, -0.05) is 26.7 Å². The first-order chi connectivity index (χ1) is 7.65. The number of nitroso groups, excluding NO2 is 1. The van der Waals surface area contributed by atoms with E-state index in [-0.39, 0.29) is 17.2 Å². The van der Waals surface area contributed by atoms with Gasteiger partial charge < -0.3 is 10.2 Å². The molecule has 1 aromatic carbocycles. The number of nitrogens with zero attached hydrogens (tertiary/aromatic N) is 1. The van der Waals surface area contributed by atoms with Crippen LogP contribution in [0, 0.1) is 4.91 Å². The summed E-state index contributed by atoms with van der Waals surface area (Å²) >= 11 is 0. The molecule has 0 unspecified atom stereocenters. The minimum Gasteiger partial charge on any atom is -0.507 e. The number of phenols is 2. The van der Waals surface area contributed by atoms with Crippen LogP contribution in [-0.2, 0) is 12.8 Å². The molecule has 0 bridgehead atoms. The van der Waals surface area contributed by atoms with Crippen LogP contribution in [0.3, 0.4) is 0 Å². The minimum absolute atomic E-state index is 0.0182. The lowest BCUT2D eigenvalue weighted by molar-refractivity contribution is 0.434.